The Morgan fingerprint density at radius 3 is 2.97 bits per heavy atom. The fourth-order valence-electron chi connectivity index (χ4n) is 4.41. The highest BCUT2D eigenvalue weighted by molar-refractivity contribution is 5.84. The van der Waals surface area contributed by atoms with Crippen molar-refractivity contribution < 1.29 is 24.4 Å². The molecule has 2 aliphatic heterocycles. The average molecular weight is 524 g/mol. The Kier molecular flexibility index (Phi) is 5.94. The van der Waals surface area contributed by atoms with Crippen molar-refractivity contribution in [2.75, 3.05) is 36.1 Å². The van der Waals surface area contributed by atoms with Gasteiger partial charge in [0.25, 0.3) is 0 Å². The van der Waals surface area contributed by atoms with Gasteiger partial charge in [-0.05, 0) is 12.1 Å². The van der Waals surface area contributed by atoms with Crippen molar-refractivity contribution in [3.63, 3.8) is 0 Å². The zero-order chi connectivity index (χ0) is 26.4. The van der Waals surface area contributed by atoms with Gasteiger partial charge in [0.15, 0.2) is 34.3 Å². The molecule has 0 amide bonds. The lowest BCUT2D eigenvalue weighted by molar-refractivity contribution is -0.0432. The van der Waals surface area contributed by atoms with E-state index in [1.807, 2.05) is 0 Å². The molecule has 0 saturated carbocycles. The summed E-state index contributed by atoms with van der Waals surface area (Å²) in [5, 5.41) is 25.8. The van der Waals surface area contributed by atoms with Crippen LogP contribution >= 0.6 is 0 Å². The molecular weight excluding hydrogens is 498 g/mol. The standard InChI is InChI=1S/C23H25N9O6/c1-31-8-14-19(29-23(31)35)27-17-12(3-2-4-13(17)37-14)36-6-5-25-20-18-21(30-22(24)28-20)32(10-26-18)16-7-11(34)15(9-33)38-16/h2-4,8,10-11,15-16,33-34H,5-7,9H2,1H3,(H,27,29,35)(H3,24,25,28,30)/t11-,15+,16+/m0/s1. The van der Waals surface area contributed by atoms with Crippen LogP contribution in [-0.4, -0.2) is 71.2 Å². The van der Waals surface area contributed by atoms with Gasteiger partial charge in [-0.1, -0.05) is 6.07 Å². The van der Waals surface area contributed by atoms with Crippen LogP contribution in [0.25, 0.3) is 11.2 Å². The molecule has 0 aliphatic carbocycles. The highest BCUT2D eigenvalue weighted by atomic mass is 16.5. The molecule has 3 aromatic heterocycles. The van der Waals surface area contributed by atoms with E-state index in [0.29, 0.717) is 52.3 Å². The molecule has 0 radical (unpaired) electrons. The van der Waals surface area contributed by atoms with Gasteiger partial charge in [0.1, 0.15) is 30.4 Å². The second-order valence-electron chi connectivity index (χ2n) is 8.85. The first kappa shape index (κ1) is 23.9. The number of nitrogen functional groups attached to an aromatic ring is 1. The molecule has 38 heavy (non-hydrogen) atoms. The van der Waals surface area contributed by atoms with Crippen molar-refractivity contribution in [3.8, 4) is 17.2 Å². The summed E-state index contributed by atoms with van der Waals surface area (Å²) in [5.41, 5.74) is 7.01. The van der Waals surface area contributed by atoms with Crippen LogP contribution in [-0.2, 0) is 11.8 Å². The predicted octanol–water partition coefficient (Wildman–Crippen LogP) is 0.483. The monoisotopic (exact) mass is 523 g/mol. The summed E-state index contributed by atoms with van der Waals surface area (Å²) in [6, 6.07) is 5.36. The number of hydrogen-bond donors (Lipinski definition) is 5. The van der Waals surface area contributed by atoms with Crippen LogP contribution in [0.5, 0.6) is 17.2 Å². The topological polar surface area (TPSA) is 197 Å². The molecule has 1 saturated heterocycles. The Balaban J connectivity index is 1.15. The lowest BCUT2D eigenvalue weighted by Gasteiger charge is -2.23. The number of benzene rings is 1. The number of hydrogen-bond acceptors (Lipinski definition) is 13. The summed E-state index contributed by atoms with van der Waals surface area (Å²) in [4.78, 5) is 28.9. The number of imidazole rings is 1. The van der Waals surface area contributed by atoms with Gasteiger partial charge in [0.05, 0.1) is 31.8 Å². The van der Waals surface area contributed by atoms with Gasteiger partial charge in [-0.25, -0.2) is 9.78 Å². The smallest absolute Gasteiger partial charge is 0.349 e. The summed E-state index contributed by atoms with van der Waals surface area (Å²) in [7, 11) is 1.60. The number of aromatic nitrogens is 6. The second-order valence-corrected chi connectivity index (χ2v) is 8.85. The maximum absolute atomic E-state index is 11.9. The Labute approximate surface area is 214 Å². The van der Waals surface area contributed by atoms with Crippen LogP contribution in [0.1, 0.15) is 12.6 Å². The molecule has 2 aliphatic rings. The van der Waals surface area contributed by atoms with E-state index < -0.39 is 24.1 Å². The first-order valence-electron chi connectivity index (χ1n) is 11.9. The SMILES string of the molecule is Cn1cc2c(nc1=O)Nc1c(OCCNc3nc(N)nc4c3ncn4[C@H]3C[C@H](O)[C@@H](CO)O3)cccc1O2. The van der Waals surface area contributed by atoms with Gasteiger partial charge in [-0.3, -0.25) is 9.13 Å². The zero-order valence-corrected chi connectivity index (χ0v) is 20.2. The number of aryl methyl sites for hydroxylation is 1. The van der Waals surface area contributed by atoms with Crippen LogP contribution in [0.4, 0.5) is 23.3 Å². The first-order valence-corrected chi connectivity index (χ1v) is 11.9. The molecule has 15 heteroatoms. The Bertz CT molecular complexity index is 1570. The summed E-state index contributed by atoms with van der Waals surface area (Å²) in [6.45, 7) is 0.308. The van der Waals surface area contributed by atoms with Crippen molar-refractivity contribution in [1.82, 2.24) is 29.1 Å². The number of nitrogens with two attached hydrogens (primary N) is 1. The normalized spacial score (nSPS) is 19.9. The molecule has 4 aromatic rings. The van der Waals surface area contributed by atoms with E-state index in [-0.39, 0.29) is 25.6 Å². The number of anilines is 4. The van der Waals surface area contributed by atoms with Gasteiger partial charge in [-0.15, -0.1) is 0 Å². The lowest BCUT2D eigenvalue weighted by Crippen LogP contribution is -2.24. The fourth-order valence-corrected chi connectivity index (χ4v) is 4.41. The number of para-hydroxylation sites is 1. The minimum absolute atomic E-state index is 0.0377. The molecule has 5 heterocycles. The highest BCUT2D eigenvalue weighted by Crippen LogP contribution is 2.44. The van der Waals surface area contributed by atoms with Gasteiger partial charge < -0.3 is 40.8 Å². The number of rotatable bonds is 7. The van der Waals surface area contributed by atoms with Crippen molar-refractivity contribution in [3.05, 3.63) is 41.2 Å². The van der Waals surface area contributed by atoms with Crippen molar-refractivity contribution in [1.29, 1.82) is 0 Å². The molecule has 198 valence electrons. The third-order valence-electron chi connectivity index (χ3n) is 6.29. The van der Waals surface area contributed by atoms with Crippen LogP contribution in [0, 0.1) is 0 Å². The van der Waals surface area contributed by atoms with E-state index >= 15 is 0 Å². The number of fused-ring (bicyclic) bond motifs is 3. The predicted molar refractivity (Wildman–Crippen MR) is 135 cm³/mol. The van der Waals surface area contributed by atoms with E-state index in [9.17, 15) is 15.0 Å². The maximum Gasteiger partial charge on any atom is 0.349 e. The first-order chi connectivity index (χ1) is 18.4. The number of ether oxygens (including phenoxy) is 3. The molecule has 1 fully saturated rings. The van der Waals surface area contributed by atoms with Gasteiger partial charge >= 0.3 is 5.69 Å². The van der Waals surface area contributed by atoms with Crippen molar-refractivity contribution in [2.45, 2.75) is 24.9 Å². The van der Waals surface area contributed by atoms with Gasteiger partial charge in [0.2, 0.25) is 5.95 Å². The number of nitrogens with zero attached hydrogens (tertiary/aromatic N) is 6. The zero-order valence-electron chi connectivity index (χ0n) is 20.2. The largest absolute Gasteiger partial charge is 0.489 e. The van der Waals surface area contributed by atoms with Crippen molar-refractivity contribution >= 4 is 34.4 Å². The number of nitrogens with one attached hydrogen (secondary N) is 2. The van der Waals surface area contributed by atoms with E-state index in [4.69, 9.17) is 19.9 Å². The summed E-state index contributed by atoms with van der Waals surface area (Å²) < 4.78 is 20.6. The Hall–Kier alpha value is -4.47. The third kappa shape index (κ3) is 4.21. The van der Waals surface area contributed by atoms with Gasteiger partial charge in [0, 0.05) is 13.5 Å². The van der Waals surface area contributed by atoms with Crippen LogP contribution in [0.3, 0.4) is 0 Å². The summed E-state index contributed by atoms with van der Waals surface area (Å²) in [6.07, 6.45) is 1.37. The minimum atomic E-state index is -0.797. The molecule has 1 aromatic carbocycles. The molecule has 6 N–H and O–H groups in total. The molecular formula is C23H25N9O6. The second kappa shape index (κ2) is 9.44. The fraction of sp³-hybridized carbons (Fsp3) is 0.348. The van der Waals surface area contributed by atoms with Crippen LogP contribution in [0.2, 0.25) is 0 Å². The molecule has 0 bridgehead atoms. The summed E-state index contributed by atoms with van der Waals surface area (Å²) in [5.74, 6) is 2.26. The van der Waals surface area contributed by atoms with E-state index in [1.54, 1.807) is 42.3 Å². The third-order valence-corrected chi connectivity index (χ3v) is 6.29. The molecule has 6 rings (SSSR count). The lowest BCUT2D eigenvalue weighted by atomic mass is 10.2. The van der Waals surface area contributed by atoms with Gasteiger partial charge in [-0.2, -0.15) is 15.0 Å². The Morgan fingerprint density at radius 2 is 2.16 bits per heavy atom. The maximum atomic E-state index is 11.9. The molecule has 0 unspecified atom stereocenters. The minimum Gasteiger partial charge on any atom is -0.489 e. The molecule has 15 nitrogen and oxygen atoms in total. The van der Waals surface area contributed by atoms with E-state index in [0.717, 1.165) is 0 Å². The summed E-state index contributed by atoms with van der Waals surface area (Å²) >= 11 is 0. The van der Waals surface area contributed by atoms with E-state index in [2.05, 4.69) is 30.6 Å². The quantitative estimate of drug-likeness (QED) is 0.185. The van der Waals surface area contributed by atoms with Crippen LogP contribution in [0.15, 0.2) is 35.5 Å². The average Bonchev–Trinajstić information content (AvgIpc) is 3.49. The Morgan fingerprint density at radius 1 is 1.29 bits per heavy atom. The van der Waals surface area contributed by atoms with Crippen LogP contribution < -0.4 is 31.5 Å². The molecule has 0 spiro atoms. The highest BCUT2D eigenvalue weighted by Gasteiger charge is 2.35. The van der Waals surface area contributed by atoms with Crippen molar-refractivity contribution in [2.24, 2.45) is 7.05 Å². The van der Waals surface area contributed by atoms with E-state index in [1.165, 1.54) is 4.57 Å². The number of aliphatic hydroxyl groups excluding tert-OH is 2. The number of aliphatic hydroxyl groups is 2. The molecule has 3 atom stereocenters.